The van der Waals surface area contributed by atoms with Crippen LogP contribution in [0.4, 0.5) is 5.82 Å². The normalized spacial score (nSPS) is 21.2. The summed E-state index contributed by atoms with van der Waals surface area (Å²) in [6.07, 6.45) is -0.477. The van der Waals surface area contributed by atoms with Crippen LogP contribution in [-0.4, -0.2) is 45.3 Å². The second-order valence-electron chi connectivity index (χ2n) is 7.00. The minimum atomic E-state index is -0.740. The summed E-state index contributed by atoms with van der Waals surface area (Å²) < 4.78 is 12.3. The first-order valence-corrected chi connectivity index (χ1v) is 9.31. The Morgan fingerprint density at radius 1 is 1.31 bits per heavy atom. The molecule has 0 aliphatic carbocycles. The number of nitrogens with one attached hydrogen (secondary N) is 1. The Morgan fingerprint density at radius 3 is 2.66 bits per heavy atom. The summed E-state index contributed by atoms with van der Waals surface area (Å²) in [6.45, 7) is 3.07. The van der Waals surface area contributed by atoms with Crippen LogP contribution in [0.15, 0.2) is 47.4 Å². The third-order valence-corrected chi connectivity index (χ3v) is 4.52. The monoisotopic (exact) mass is 401 g/mol. The topological polar surface area (TPSA) is 120 Å². The molecule has 1 fully saturated rings. The first kappa shape index (κ1) is 20.7. The molecule has 2 heterocycles. The Balaban J connectivity index is 1.71. The summed E-state index contributed by atoms with van der Waals surface area (Å²) >= 11 is 0. The number of nitrogens with zero attached hydrogens (tertiary/aromatic N) is 2. The minimum Gasteiger partial charge on any atom is -0.459 e. The average molecular weight is 401 g/mol. The smallest absolute Gasteiger partial charge is 0.351 e. The number of benzene rings is 1. The highest BCUT2D eigenvalue weighted by atomic mass is 16.6. The van der Waals surface area contributed by atoms with E-state index in [0.29, 0.717) is 5.56 Å². The van der Waals surface area contributed by atoms with Crippen molar-refractivity contribution in [2.75, 3.05) is 11.9 Å². The molecule has 1 amide bonds. The zero-order valence-corrected chi connectivity index (χ0v) is 16.1. The predicted molar refractivity (Wildman–Crippen MR) is 103 cm³/mol. The van der Waals surface area contributed by atoms with Gasteiger partial charge in [0.25, 0.3) is 5.91 Å². The van der Waals surface area contributed by atoms with E-state index in [1.165, 1.54) is 16.8 Å². The number of ether oxygens (including phenoxy) is 2. The van der Waals surface area contributed by atoms with E-state index in [0.717, 1.165) is 0 Å². The molecule has 1 aromatic carbocycles. The molecule has 3 rings (SSSR count). The van der Waals surface area contributed by atoms with Crippen LogP contribution >= 0.6 is 0 Å². The van der Waals surface area contributed by atoms with Gasteiger partial charge in [0.15, 0.2) is 0 Å². The van der Waals surface area contributed by atoms with Crippen LogP contribution in [0.2, 0.25) is 0 Å². The van der Waals surface area contributed by atoms with Crippen molar-refractivity contribution in [3.05, 3.63) is 58.6 Å². The molecule has 0 spiro atoms. The number of esters is 1. The van der Waals surface area contributed by atoms with Crippen molar-refractivity contribution in [3.8, 4) is 0 Å². The van der Waals surface area contributed by atoms with Gasteiger partial charge < -0.3 is 19.9 Å². The molecule has 154 valence electrons. The maximum atomic E-state index is 12.4. The summed E-state index contributed by atoms with van der Waals surface area (Å²) in [5.41, 5.74) is -0.188. The molecule has 0 unspecified atom stereocenters. The number of carbonyl (C=O) groups is 2. The van der Waals surface area contributed by atoms with E-state index in [2.05, 4.69) is 10.3 Å². The predicted octanol–water partition coefficient (Wildman–Crippen LogP) is 1.34. The van der Waals surface area contributed by atoms with Gasteiger partial charge in [-0.15, -0.1) is 0 Å². The van der Waals surface area contributed by atoms with Crippen LogP contribution in [0.25, 0.3) is 0 Å². The molecule has 1 aliphatic heterocycles. The van der Waals surface area contributed by atoms with Crippen molar-refractivity contribution in [2.45, 2.75) is 38.7 Å². The van der Waals surface area contributed by atoms with Crippen molar-refractivity contribution < 1.29 is 24.2 Å². The van der Waals surface area contributed by atoms with Crippen LogP contribution in [0, 0.1) is 5.92 Å². The second kappa shape index (κ2) is 8.97. The van der Waals surface area contributed by atoms with E-state index in [1.807, 2.05) is 0 Å². The van der Waals surface area contributed by atoms with Crippen molar-refractivity contribution in [3.63, 3.8) is 0 Å². The number of anilines is 1. The molecule has 9 heteroatoms. The zero-order valence-electron chi connectivity index (χ0n) is 16.1. The van der Waals surface area contributed by atoms with Gasteiger partial charge in [-0.2, -0.15) is 4.98 Å². The third kappa shape index (κ3) is 4.87. The Bertz CT molecular complexity index is 927. The number of carbonyl (C=O) groups excluding carboxylic acids is 2. The third-order valence-electron chi connectivity index (χ3n) is 4.52. The Morgan fingerprint density at radius 2 is 2.03 bits per heavy atom. The van der Waals surface area contributed by atoms with Crippen molar-refractivity contribution in [1.82, 2.24) is 9.55 Å². The van der Waals surface area contributed by atoms with Crippen LogP contribution in [-0.2, 0) is 14.3 Å². The van der Waals surface area contributed by atoms with Gasteiger partial charge in [-0.25, -0.2) is 4.79 Å². The van der Waals surface area contributed by atoms with Crippen LogP contribution in [0.5, 0.6) is 0 Å². The number of aromatic nitrogens is 2. The van der Waals surface area contributed by atoms with Gasteiger partial charge in [0.05, 0.1) is 12.5 Å². The highest BCUT2D eigenvalue weighted by molar-refractivity contribution is 6.03. The lowest BCUT2D eigenvalue weighted by Gasteiger charge is -2.17. The molecule has 1 aromatic heterocycles. The molecular formula is C20H23N3O6. The van der Waals surface area contributed by atoms with E-state index in [1.54, 1.807) is 44.2 Å². The zero-order chi connectivity index (χ0) is 21.0. The van der Waals surface area contributed by atoms with Crippen molar-refractivity contribution in [1.29, 1.82) is 0 Å². The summed E-state index contributed by atoms with van der Waals surface area (Å²) in [5, 5.41) is 12.1. The van der Waals surface area contributed by atoms with Crippen molar-refractivity contribution >= 4 is 17.7 Å². The Labute approximate surface area is 167 Å². The largest absolute Gasteiger partial charge is 0.459 e. The Kier molecular flexibility index (Phi) is 6.40. The SMILES string of the molecule is CC(C)C(=O)O[C@@H]1C[C@H](n2ccc(NC(=O)c3ccccc3)nc2=O)O[C@H]1CO. The van der Waals surface area contributed by atoms with Gasteiger partial charge in [-0.05, 0) is 18.2 Å². The van der Waals surface area contributed by atoms with Crippen LogP contribution < -0.4 is 11.0 Å². The van der Waals surface area contributed by atoms with Crippen LogP contribution in [0.1, 0.15) is 36.9 Å². The molecule has 1 aliphatic rings. The molecule has 0 saturated carbocycles. The quantitative estimate of drug-likeness (QED) is 0.701. The van der Waals surface area contributed by atoms with Crippen molar-refractivity contribution in [2.24, 2.45) is 5.92 Å². The number of hydrogen-bond acceptors (Lipinski definition) is 7. The van der Waals surface area contributed by atoms with Gasteiger partial charge in [0.2, 0.25) is 0 Å². The minimum absolute atomic E-state index is 0.111. The average Bonchev–Trinajstić information content (AvgIpc) is 3.11. The highest BCUT2D eigenvalue weighted by Gasteiger charge is 2.39. The van der Waals surface area contributed by atoms with E-state index in [4.69, 9.17) is 9.47 Å². The molecule has 29 heavy (non-hydrogen) atoms. The molecule has 0 radical (unpaired) electrons. The van der Waals surface area contributed by atoms with Gasteiger partial charge in [-0.3, -0.25) is 14.2 Å². The number of rotatable bonds is 6. The van der Waals surface area contributed by atoms with Gasteiger partial charge in [0.1, 0.15) is 24.3 Å². The molecule has 2 aromatic rings. The summed E-state index contributed by atoms with van der Waals surface area (Å²) in [7, 11) is 0. The van der Waals surface area contributed by atoms with E-state index >= 15 is 0 Å². The summed E-state index contributed by atoms with van der Waals surface area (Å²) in [5.74, 6) is -0.986. The molecular weight excluding hydrogens is 378 g/mol. The highest BCUT2D eigenvalue weighted by Crippen LogP contribution is 2.30. The number of amides is 1. The number of aliphatic hydroxyl groups is 1. The fourth-order valence-corrected chi connectivity index (χ4v) is 2.92. The number of aliphatic hydroxyl groups excluding tert-OH is 1. The molecule has 2 N–H and O–H groups in total. The van der Waals surface area contributed by atoms with Gasteiger partial charge in [-0.1, -0.05) is 32.0 Å². The standard InChI is InChI=1S/C20H23N3O6/c1-12(2)19(26)29-14-10-17(28-15(14)11-24)23-9-8-16(22-20(23)27)21-18(25)13-6-4-3-5-7-13/h3-9,12,14-15,17,24H,10-11H2,1-2H3,(H,21,22,25,27)/t14-,15+,17-/m1/s1. The number of hydrogen-bond donors (Lipinski definition) is 2. The van der Waals surface area contributed by atoms with Gasteiger partial charge in [0, 0.05) is 18.2 Å². The summed E-state index contributed by atoms with van der Waals surface area (Å²) in [4.78, 5) is 40.3. The lowest BCUT2D eigenvalue weighted by molar-refractivity contribution is -0.156. The first-order valence-electron chi connectivity index (χ1n) is 9.31. The van der Waals surface area contributed by atoms with E-state index in [9.17, 15) is 19.5 Å². The molecule has 0 bridgehead atoms. The fraction of sp³-hybridized carbons (Fsp3) is 0.400. The lowest BCUT2D eigenvalue weighted by atomic mass is 10.1. The molecule has 3 atom stereocenters. The summed E-state index contributed by atoms with van der Waals surface area (Å²) in [6, 6.07) is 10.0. The second-order valence-corrected chi connectivity index (χ2v) is 7.00. The van der Waals surface area contributed by atoms with E-state index < -0.39 is 30.1 Å². The Hall–Kier alpha value is -3.04. The lowest BCUT2D eigenvalue weighted by Crippen LogP contribution is -2.31. The first-order chi connectivity index (χ1) is 13.9. The molecule has 1 saturated heterocycles. The maximum absolute atomic E-state index is 12.4. The van der Waals surface area contributed by atoms with Crippen LogP contribution in [0.3, 0.4) is 0 Å². The molecule has 9 nitrogen and oxygen atoms in total. The maximum Gasteiger partial charge on any atom is 0.351 e. The van der Waals surface area contributed by atoms with E-state index in [-0.39, 0.29) is 30.7 Å². The fourth-order valence-electron chi connectivity index (χ4n) is 2.92. The van der Waals surface area contributed by atoms with Gasteiger partial charge >= 0.3 is 11.7 Å².